The van der Waals surface area contributed by atoms with Crippen LogP contribution in [-0.2, 0) is 30.2 Å². The molecule has 9 nitrogen and oxygen atoms in total. The Labute approximate surface area is 261 Å². The SMILES string of the molecule is CCOC(=O)C1CCC(OC[C@@H]2C[C@H](OC)CN2C(=O)Cc2cc(Cl)c(C(=O)Nc3c[nH]c4ccccc34)cc2Cl)CC1. The van der Waals surface area contributed by atoms with E-state index >= 15 is 0 Å². The quantitative estimate of drug-likeness (QED) is 0.265. The summed E-state index contributed by atoms with van der Waals surface area (Å²) >= 11 is 13.1. The van der Waals surface area contributed by atoms with Crippen molar-refractivity contribution in [2.45, 2.75) is 63.7 Å². The molecular formula is C32H37Cl2N3O6. The Morgan fingerprint density at radius 2 is 1.81 bits per heavy atom. The van der Waals surface area contributed by atoms with Crippen LogP contribution in [0.4, 0.5) is 5.69 Å². The van der Waals surface area contributed by atoms with Gasteiger partial charge in [-0.2, -0.15) is 0 Å². The molecule has 1 aromatic heterocycles. The molecule has 1 aliphatic carbocycles. The third kappa shape index (κ3) is 7.34. The molecular weight excluding hydrogens is 593 g/mol. The summed E-state index contributed by atoms with van der Waals surface area (Å²) in [6.45, 7) is 3.06. The number of nitrogens with zero attached hydrogens (tertiary/aromatic N) is 1. The van der Waals surface area contributed by atoms with E-state index in [4.69, 9.17) is 37.4 Å². The van der Waals surface area contributed by atoms with Gasteiger partial charge >= 0.3 is 5.97 Å². The van der Waals surface area contributed by atoms with Gasteiger partial charge in [0.05, 0.1) is 60.1 Å². The maximum atomic E-state index is 13.5. The largest absolute Gasteiger partial charge is 0.466 e. The molecule has 2 N–H and O–H groups in total. The zero-order chi connectivity index (χ0) is 30.5. The number of nitrogens with one attached hydrogen (secondary N) is 2. The predicted molar refractivity (Wildman–Crippen MR) is 166 cm³/mol. The second-order valence-electron chi connectivity index (χ2n) is 11.2. The van der Waals surface area contributed by atoms with Crippen molar-refractivity contribution in [2.24, 2.45) is 5.92 Å². The molecule has 0 spiro atoms. The first-order valence-electron chi connectivity index (χ1n) is 14.7. The van der Waals surface area contributed by atoms with Gasteiger partial charge in [-0.3, -0.25) is 14.4 Å². The smallest absolute Gasteiger partial charge is 0.308 e. The molecule has 2 atom stereocenters. The maximum Gasteiger partial charge on any atom is 0.308 e. The first-order chi connectivity index (χ1) is 20.8. The summed E-state index contributed by atoms with van der Waals surface area (Å²) in [6.07, 6.45) is 5.43. The molecule has 2 amide bonds. The third-order valence-corrected chi connectivity index (χ3v) is 9.07. The second kappa shape index (κ2) is 14.1. The second-order valence-corrected chi connectivity index (χ2v) is 12.0. The van der Waals surface area contributed by atoms with E-state index in [0.29, 0.717) is 37.4 Å². The Bertz CT molecular complexity index is 1470. The van der Waals surface area contributed by atoms with E-state index in [-0.39, 0.29) is 58.1 Å². The maximum absolute atomic E-state index is 13.5. The van der Waals surface area contributed by atoms with E-state index in [1.54, 1.807) is 24.3 Å². The number of aromatic amines is 1. The molecule has 2 aromatic carbocycles. The molecule has 2 fully saturated rings. The number of aromatic nitrogens is 1. The van der Waals surface area contributed by atoms with Crippen molar-refractivity contribution in [3.8, 4) is 0 Å². The average molecular weight is 631 g/mol. The van der Waals surface area contributed by atoms with Crippen molar-refractivity contribution >= 4 is 57.6 Å². The minimum Gasteiger partial charge on any atom is -0.466 e. The highest BCUT2D eigenvalue weighted by Crippen LogP contribution is 2.31. The summed E-state index contributed by atoms with van der Waals surface area (Å²) in [4.78, 5) is 43.6. The molecule has 1 saturated heterocycles. The number of para-hydroxylation sites is 1. The number of hydrogen-bond acceptors (Lipinski definition) is 6. The van der Waals surface area contributed by atoms with Crippen molar-refractivity contribution < 1.29 is 28.6 Å². The van der Waals surface area contributed by atoms with Gasteiger partial charge in [-0.1, -0.05) is 41.4 Å². The van der Waals surface area contributed by atoms with Crippen LogP contribution >= 0.6 is 23.2 Å². The Morgan fingerprint density at radius 1 is 1.05 bits per heavy atom. The van der Waals surface area contributed by atoms with Gasteiger partial charge in [0.1, 0.15) is 0 Å². The van der Waals surface area contributed by atoms with Gasteiger partial charge in [-0.25, -0.2) is 0 Å². The lowest BCUT2D eigenvalue weighted by molar-refractivity contribution is -0.150. The van der Waals surface area contributed by atoms with Gasteiger partial charge < -0.3 is 29.4 Å². The zero-order valence-electron chi connectivity index (χ0n) is 24.4. The number of H-pyrrole nitrogens is 1. The van der Waals surface area contributed by atoms with E-state index in [2.05, 4.69) is 10.3 Å². The molecule has 3 aromatic rings. The highest BCUT2D eigenvalue weighted by atomic mass is 35.5. The van der Waals surface area contributed by atoms with Crippen LogP contribution in [0.3, 0.4) is 0 Å². The van der Waals surface area contributed by atoms with E-state index in [1.807, 2.05) is 31.2 Å². The molecule has 0 unspecified atom stereocenters. The lowest BCUT2D eigenvalue weighted by atomic mass is 9.87. The fourth-order valence-corrected chi connectivity index (χ4v) is 6.51. The number of halogens is 2. The lowest BCUT2D eigenvalue weighted by Crippen LogP contribution is -2.40. The Morgan fingerprint density at radius 3 is 2.56 bits per heavy atom. The number of carbonyl (C=O) groups excluding carboxylic acids is 3. The van der Waals surface area contributed by atoms with Crippen molar-refractivity contribution in [3.63, 3.8) is 0 Å². The Kier molecular flexibility index (Phi) is 10.3. The normalized spacial score (nSPS) is 22.1. The number of fused-ring (bicyclic) bond motifs is 1. The molecule has 5 rings (SSSR count). The number of anilines is 1. The van der Waals surface area contributed by atoms with Crippen LogP contribution in [0.25, 0.3) is 10.9 Å². The van der Waals surface area contributed by atoms with Crippen LogP contribution < -0.4 is 5.32 Å². The number of methoxy groups -OCH3 is 1. The highest BCUT2D eigenvalue weighted by Gasteiger charge is 2.37. The van der Waals surface area contributed by atoms with Crippen LogP contribution in [0.15, 0.2) is 42.6 Å². The van der Waals surface area contributed by atoms with Crippen molar-refractivity contribution in [1.29, 1.82) is 0 Å². The molecule has 11 heteroatoms. The Hall–Kier alpha value is -3.11. The number of rotatable bonds is 10. The Balaban J connectivity index is 1.20. The van der Waals surface area contributed by atoms with Gasteiger partial charge in [0.25, 0.3) is 5.91 Å². The number of amides is 2. The number of carbonyl (C=O) groups is 3. The van der Waals surface area contributed by atoms with E-state index in [9.17, 15) is 14.4 Å². The predicted octanol–water partition coefficient (Wildman–Crippen LogP) is 6.02. The molecule has 0 bridgehead atoms. The average Bonchev–Trinajstić information content (AvgIpc) is 3.62. The molecule has 0 radical (unpaired) electrons. The minimum atomic E-state index is -0.398. The van der Waals surface area contributed by atoms with E-state index in [1.165, 1.54) is 6.07 Å². The number of esters is 1. The topological polar surface area (TPSA) is 110 Å². The van der Waals surface area contributed by atoms with Crippen LogP contribution in [0.5, 0.6) is 0 Å². The summed E-state index contributed by atoms with van der Waals surface area (Å²) in [5, 5.41) is 4.26. The summed E-state index contributed by atoms with van der Waals surface area (Å²) in [7, 11) is 1.64. The van der Waals surface area contributed by atoms with Crippen molar-refractivity contribution in [2.75, 3.05) is 32.2 Å². The van der Waals surface area contributed by atoms with Crippen LogP contribution in [0.2, 0.25) is 10.0 Å². The molecule has 1 aliphatic heterocycles. The van der Waals surface area contributed by atoms with Crippen LogP contribution in [0, 0.1) is 5.92 Å². The van der Waals surface area contributed by atoms with Crippen LogP contribution in [-0.4, -0.2) is 72.8 Å². The number of likely N-dealkylation sites (tertiary alicyclic amines) is 1. The van der Waals surface area contributed by atoms with Crippen molar-refractivity contribution in [3.05, 3.63) is 63.8 Å². The summed E-state index contributed by atoms with van der Waals surface area (Å²) in [5.41, 5.74) is 2.29. The van der Waals surface area contributed by atoms with Gasteiger partial charge in [0, 0.05) is 35.8 Å². The summed E-state index contributed by atoms with van der Waals surface area (Å²) in [6, 6.07) is 10.6. The fraction of sp³-hybridized carbons (Fsp3) is 0.469. The summed E-state index contributed by atoms with van der Waals surface area (Å²) in [5.74, 6) is -0.707. The first-order valence-corrected chi connectivity index (χ1v) is 15.5. The molecule has 1 saturated carbocycles. The zero-order valence-corrected chi connectivity index (χ0v) is 25.9. The number of hydrogen-bond donors (Lipinski definition) is 2. The lowest BCUT2D eigenvalue weighted by Gasteiger charge is -2.30. The molecule has 43 heavy (non-hydrogen) atoms. The third-order valence-electron chi connectivity index (χ3n) is 8.41. The van der Waals surface area contributed by atoms with Gasteiger partial charge in [0.2, 0.25) is 5.91 Å². The number of ether oxygens (including phenoxy) is 3. The first kappa shape index (κ1) is 31.3. The summed E-state index contributed by atoms with van der Waals surface area (Å²) < 4.78 is 17.0. The molecule has 2 aliphatic rings. The monoisotopic (exact) mass is 629 g/mol. The standard InChI is InChI=1S/C32H37Cl2N3O6/c1-3-42-32(40)19-8-10-22(11-9-19)43-18-21-14-23(41-2)17-37(21)30(38)13-20-12-27(34)25(15-26(20)33)31(39)36-29-16-35-28-7-5-4-6-24(28)29/h4-7,12,15-16,19,21-23,35H,3,8-11,13-14,17-18H2,1-2H3,(H,36,39)/t19?,21-,22?,23-/m0/s1. The van der Waals surface area contributed by atoms with Gasteiger partial charge in [-0.15, -0.1) is 0 Å². The van der Waals surface area contributed by atoms with E-state index < -0.39 is 5.91 Å². The molecule has 230 valence electrons. The van der Waals surface area contributed by atoms with Crippen LogP contribution in [0.1, 0.15) is 54.9 Å². The molecule has 2 heterocycles. The fourth-order valence-electron chi connectivity index (χ4n) is 6.01. The highest BCUT2D eigenvalue weighted by molar-refractivity contribution is 6.37. The van der Waals surface area contributed by atoms with E-state index in [0.717, 1.165) is 36.6 Å². The minimum absolute atomic E-state index is 0.0283. The van der Waals surface area contributed by atoms with Crippen molar-refractivity contribution in [1.82, 2.24) is 9.88 Å². The van der Waals surface area contributed by atoms with Gasteiger partial charge in [-0.05, 0) is 62.8 Å². The van der Waals surface area contributed by atoms with Gasteiger partial charge in [0.15, 0.2) is 0 Å². The number of benzene rings is 2.